The molecule has 0 heterocycles. The molecule has 0 saturated heterocycles. The minimum atomic E-state index is -0.844. The molecule has 0 amide bonds. The highest BCUT2D eigenvalue weighted by molar-refractivity contribution is 6.01. The zero-order valence-corrected chi connectivity index (χ0v) is 15.8. The molecule has 5 nitrogen and oxygen atoms in total. The van der Waals surface area contributed by atoms with Gasteiger partial charge < -0.3 is 14.2 Å². The van der Waals surface area contributed by atoms with Gasteiger partial charge in [-0.2, -0.15) is 0 Å². The lowest BCUT2D eigenvalue weighted by molar-refractivity contribution is -0.145. The molecule has 1 atom stereocenters. The molecule has 2 aromatic carbocycles. The van der Waals surface area contributed by atoms with Crippen molar-refractivity contribution in [2.75, 3.05) is 14.2 Å². The third-order valence-electron chi connectivity index (χ3n) is 4.13. The summed E-state index contributed by atoms with van der Waals surface area (Å²) in [5, 5.41) is 0. The highest BCUT2D eigenvalue weighted by Crippen LogP contribution is 2.27. The zero-order valence-electron chi connectivity index (χ0n) is 15.8. The molecule has 5 heteroatoms. The Bertz CT molecular complexity index is 810. The fourth-order valence-electron chi connectivity index (χ4n) is 2.67. The Kier molecular flexibility index (Phi) is 6.39. The van der Waals surface area contributed by atoms with Crippen molar-refractivity contribution >= 4 is 11.8 Å². The van der Waals surface area contributed by atoms with E-state index in [4.69, 9.17) is 14.2 Å². The van der Waals surface area contributed by atoms with Gasteiger partial charge >= 0.3 is 5.97 Å². The van der Waals surface area contributed by atoms with Crippen LogP contribution in [0.1, 0.15) is 34.0 Å². The van der Waals surface area contributed by atoms with Gasteiger partial charge in [-0.25, -0.2) is 0 Å². The average Bonchev–Trinajstić information content (AvgIpc) is 2.62. The van der Waals surface area contributed by atoms with Crippen molar-refractivity contribution < 1.29 is 23.8 Å². The SMILES string of the molecule is COc1ccc(CC(=O)O[C@H](C)C(=O)c2cc(C)ccc2C)cc1OC. The Morgan fingerprint density at radius 3 is 2.31 bits per heavy atom. The number of hydrogen-bond acceptors (Lipinski definition) is 5. The summed E-state index contributed by atoms with van der Waals surface area (Å²) < 4.78 is 15.7. The van der Waals surface area contributed by atoms with Gasteiger partial charge in [0.1, 0.15) is 0 Å². The molecule has 2 aromatic rings. The lowest BCUT2D eigenvalue weighted by Gasteiger charge is -2.15. The highest BCUT2D eigenvalue weighted by Gasteiger charge is 2.21. The summed E-state index contributed by atoms with van der Waals surface area (Å²) >= 11 is 0. The van der Waals surface area contributed by atoms with E-state index in [1.807, 2.05) is 32.0 Å². The van der Waals surface area contributed by atoms with Crippen LogP contribution in [0, 0.1) is 13.8 Å². The molecule has 0 aromatic heterocycles. The molecule has 0 aliphatic heterocycles. The van der Waals surface area contributed by atoms with Gasteiger partial charge in [0, 0.05) is 5.56 Å². The number of rotatable bonds is 7. The molecular weight excluding hydrogens is 332 g/mol. The number of esters is 1. The molecule has 0 fully saturated rings. The zero-order chi connectivity index (χ0) is 19.3. The summed E-state index contributed by atoms with van der Waals surface area (Å²) in [6.07, 6.45) is -0.798. The van der Waals surface area contributed by atoms with E-state index < -0.39 is 12.1 Å². The monoisotopic (exact) mass is 356 g/mol. The molecule has 0 radical (unpaired) electrons. The van der Waals surface area contributed by atoms with Crippen LogP contribution in [-0.4, -0.2) is 32.1 Å². The van der Waals surface area contributed by atoms with Gasteiger partial charge in [-0.1, -0.05) is 23.8 Å². The first-order valence-corrected chi connectivity index (χ1v) is 8.37. The normalized spacial score (nSPS) is 11.6. The second-order valence-corrected chi connectivity index (χ2v) is 6.18. The van der Waals surface area contributed by atoms with E-state index in [1.165, 1.54) is 7.11 Å². The molecule has 26 heavy (non-hydrogen) atoms. The van der Waals surface area contributed by atoms with Gasteiger partial charge in [-0.15, -0.1) is 0 Å². The van der Waals surface area contributed by atoms with Crippen LogP contribution in [0.2, 0.25) is 0 Å². The van der Waals surface area contributed by atoms with Gasteiger partial charge in [-0.3, -0.25) is 9.59 Å². The van der Waals surface area contributed by atoms with E-state index in [0.29, 0.717) is 17.1 Å². The van der Waals surface area contributed by atoms with Crippen molar-refractivity contribution in [1.82, 2.24) is 0 Å². The molecule has 0 bridgehead atoms. The van der Waals surface area contributed by atoms with Crippen LogP contribution in [0.3, 0.4) is 0 Å². The number of methoxy groups -OCH3 is 2. The Labute approximate surface area is 153 Å². The number of ketones is 1. The van der Waals surface area contributed by atoms with E-state index in [1.54, 1.807) is 32.2 Å². The van der Waals surface area contributed by atoms with Crippen molar-refractivity contribution in [1.29, 1.82) is 0 Å². The average molecular weight is 356 g/mol. The standard InChI is InChI=1S/C21H24O5/c1-13-6-7-14(2)17(10-13)21(23)15(3)26-20(22)12-16-8-9-18(24-4)19(11-16)25-5/h6-11,15H,12H2,1-5H3/t15-/m1/s1. The molecule has 2 rings (SSSR count). The first-order chi connectivity index (χ1) is 12.3. The van der Waals surface area contributed by atoms with Crippen molar-refractivity contribution in [2.24, 2.45) is 0 Å². The van der Waals surface area contributed by atoms with Crippen LogP contribution in [0.15, 0.2) is 36.4 Å². The highest BCUT2D eigenvalue weighted by atomic mass is 16.5. The van der Waals surface area contributed by atoms with E-state index in [2.05, 4.69) is 0 Å². The molecule has 0 unspecified atom stereocenters. The smallest absolute Gasteiger partial charge is 0.310 e. The lowest BCUT2D eigenvalue weighted by atomic mass is 9.99. The minimum Gasteiger partial charge on any atom is -0.493 e. The molecule has 0 aliphatic rings. The summed E-state index contributed by atoms with van der Waals surface area (Å²) in [6.45, 7) is 5.38. The Hall–Kier alpha value is -2.82. The fraction of sp³-hybridized carbons (Fsp3) is 0.333. The second kappa shape index (κ2) is 8.52. The number of Topliss-reactive ketones (excluding diaryl/α,β-unsaturated/α-hetero) is 1. The second-order valence-electron chi connectivity index (χ2n) is 6.18. The quantitative estimate of drug-likeness (QED) is 0.559. The maximum absolute atomic E-state index is 12.6. The van der Waals surface area contributed by atoms with E-state index in [0.717, 1.165) is 16.7 Å². The number of carbonyl (C=O) groups excluding carboxylic acids is 2. The van der Waals surface area contributed by atoms with Crippen LogP contribution >= 0.6 is 0 Å². The number of ether oxygens (including phenoxy) is 3. The van der Waals surface area contributed by atoms with Gasteiger partial charge in [-0.05, 0) is 50.1 Å². The van der Waals surface area contributed by atoms with Crippen LogP contribution in [0.25, 0.3) is 0 Å². The molecule has 0 aliphatic carbocycles. The van der Waals surface area contributed by atoms with Gasteiger partial charge in [0.2, 0.25) is 5.78 Å². The molecule has 0 N–H and O–H groups in total. The Morgan fingerprint density at radius 2 is 1.65 bits per heavy atom. The Balaban J connectivity index is 2.05. The van der Waals surface area contributed by atoms with Crippen molar-refractivity contribution in [3.05, 3.63) is 58.7 Å². The van der Waals surface area contributed by atoms with Gasteiger partial charge in [0.25, 0.3) is 0 Å². The van der Waals surface area contributed by atoms with Crippen LogP contribution in [-0.2, 0) is 16.0 Å². The van der Waals surface area contributed by atoms with E-state index in [9.17, 15) is 9.59 Å². The van der Waals surface area contributed by atoms with Gasteiger partial charge in [0.15, 0.2) is 17.6 Å². The third-order valence-corrected chi connectivity index (χ3v) is 4.13. The number of carbonyl (C=O) groups is 2. The first-order valence-electron chi connectivity index (χ1n) is 8.37. The third kappa shape index (κ3) is 4.63. The summed E-state index contributed by atoms with van der Waals surface area (Å²) in [4.78, 5) is 24.8. The van der Waals surface area contributed by atoms with Crippen molar-refractivity contribution in [3.8, 4) is 11.5 Å². The summed E-state index contributed by atoms with van der Waals surface area (Å²) in [6, 6.07) is 10.9. The van der Waals surface area contributed by atoms with Crippen LogP contribution < -0.4 is 9.47 Å². The predicted molar refractivity (Wildman–Crippen MR) is 99.1 cm³/mol. The maximum Gasteiger partial charge on any atom is 0.310 e. The number of hydrogen-bond donors (Lipinski definition) is 0. The Morgan fingerprint density at radius 1 is 0.962 bits per heavy atom. The van der Waals surface area contributed by atoms with Crippen LogP contribution in [0.4, 0.5) is 0 Å². The van der Waals surface area contributed by atoms with Gasteiger partial charge in [0.05, 0.1) is 20.6 Å². The largest absolute Gasteiger partial charge is 0.493 e. The first kappa shape index (κ1) is 19.5. The molecular formula is C21H24O5. The number of aryl methyl sites for hydroxylation is 2. The summed E-state index contributed by atoms with van der Waals surface area (Å²) in [5.74, 6) is 0.454. The fourth-order valence-corrected chi connectivity index (χ4v) is 2.67. The molecule has 0 spiro atoms. The maximum atomic E-state index is 12.6. The van der Waals surface area contributed by atoms with Crippen molar-refractivity contribution in [2.45, 2.75) is 33.3 Å². The van der Waals surface area contributed by atoms with E-state index in [-0.39, 0.29) is 12.2 Å². The van der Waals surface area contributed by atoms with E-state index >= 15 is 0 Å². The lowest BCUT2D eigenvalue weighted by Crippen LogP contribution is -2.26. The van der Waals surface area contributed by atoms with Crippen LogP contribution in [0.5, 0.6) is 11.5 Å². The van der Waals surface area contributed by atoms with Crippen molar-refractivity contribution in [3.63, 3.8) is 0 Å². The topological polar surface area (TPSA) is 61.8 Å². The minimum absolute atomic E-state index is 0.0464. The number of benzene rings is 2. The summed E-state index contributed by atoms with van der Waals surface area (Å²) in [5.41, 5.74) is 3.15. The predicted octanol–water partition coefficient (Wildman–Crippen LogP) is 3.68. The molecule has 0 saturated carbocycles. The summed E-state index contributed by atoms with van der Waals surface area (Å²) in [7, 11) is 3.08. The molecule has 138 valence electrons.